The molecule has 1 amide bonds. The number of rotatable bonds is 7. The minimum atomic E-state index is -0.183. The number of hydrogen-bond acceptors (Lipinski definition) is 3. The Labute approximate surface area is 126 Å². The van der Waals surface area contributed by atoms with Crippen molar-refractivity contribution in [2.75, 3.05) is 26.9 Å². The van der Waals surface area contributed by atoms with Gasteiger partial charge < -0.3 is 15.2 Å². The maximum Gasteiger partial charge on any atom is 0.251 e. The molecule has 2 N–H and O–H groups in total. The van der Waals surface area contributed by atoms with Crippen molar-refractivity contribution in [3.05, 3.63) is 34.9 Å². The highest BCUT2D eigenvalue weighted by Gasteiger charge is 2.10. The number of hydrogen-bond donors (Lipinski definition) is 2. The van der Waals surface area contributed by atoms with Crippen LogP contribution in [0, 0.1) is 18.8 Å². The number of carbonyl (C=O) groups is 1. The molecule has 0 heterocycles. The lowest BCUT2D eigenvalue weighted by Crippen LogP contribution is -2.25. The van der Waals surface area contributed by atoms with Crippen molar-refractivity contribution in [1.82, 2.24) is 5.32 Å². The highest BCUT2D eigenvalue weighted by Crippen LogP contribution is 2.12. The Morgan fingerprint density at radius 1 is 1.33 bits per heavy atom. The number of benzene rings is 1. The van der Waals surface area contributed by atoms with Crippen molar-refractivity contribution in [1.29, 1.82) is 0 Å². The third kappa shape index (κ3) is 5.99. The second-order valence-corrected chi connectivity index (χ2v) is 4.75. The van der Waals surface area contributed by atoms with E-state index in [2.05, 4.69) is 17.2 Å². The minimum Gasteiger partial charge on any atom is -0.385 e. The molecule has 0 aliphatic carbocycles. The van der Waals surface area contributed by atoms with Gasteiger partial charge in [0.15, 0.2) is 0 Å². The van der Waals surface area contributed by atoms with Gasteiger partial charge in [0.25, 0.3) is 5.91 Å². The number of carbonyl (C=O) groups excluding carboxylic acids is 1. The van der Waals surface area contributed by atoms with Gasteiger partial charge in [0.2, 0.25) is 0 Å². The molecule has 0 spiro atoms. The fourth-order valence-electron chi connectivity index (χ4n) is 2.00. The van der Waals surface area contributed by atoms with E-state index in [9.17, 15) is 4.79 Å². The van der Waals surface area contributed by atoms with Crippen LogP contribution in [0.3, 0.4) is 0 Å². The molecule has 4 nitrogen and oxygen atoms in total. The van der Waals surface area contributed by atoms with Crippen LogP contribution in [-0.2, 0) is 4.74 Å². The Kier molecular flexibility index (Phi) is 8.18. The molecular formula is C17H23NO3. The predicted octanol–water partition coefficient (Wildman–Crippen LogP) is 1.89. The molecule has 1 rings (SSSR count). The van der Waals surface area contributed by atoms with Crippen molar-refractivity contribution < 1.29 is 14.6 Å². The van der Waals surface area contributed by atoms with Gasteiger partial charge in [0.05, 0.1) is 0 Å². The Morgan fingerprint density at radius 3 is 2.86 bits per heavy atom. The van der Waals surface area contributed by atoms with Gasteiger partial charge in [0, 0.05) is 31.4 Å². The lowest BCUT2D eigenvalue weighted by Gasteiger charge is -2.09. The Bertz CT molecular complexity index is 515. The standard InChI is InChI=1S/C17H23NO3/c1-14-15(9-7-12-19)8-6-10-16(14)17(20)18-11-4-3-5-13-21-2/h6,8,10,19H,3-5,11-13H2,1-2H3,(H,18,20). The summed E-state index contributed by atoms with van der Waals surface area (Å²) in [5.41, 5.74) is 2.25. The molecule has 0 saturated carbocycles. The van der Waals surface area contributed by atoms with E-state index in [1.54, 1.807) is 13.2 Å². The first-order chi connectivity index (χ1) is 10.2. The van der Waals surface area contributed by atoms with Gasteiger partial charge in [0.1, 0.15) is 6.61 Å². The topological polar surface area (TPSA) is 58.6 Å². The first kappa shape index (κ1) is 17.2. The summed E-state index contributed by atoms with van der Waals surface area (Å²) in [6.45, 7) is 3.11. The minimum absolute atomic E-state index is 0.0770. The number of ether oxygens (including phenoxy) is 1. The van der Waals surface area contributed by atoms with Crippen LogP contribution in [0.25, 0.3) is 0 Å². The molecule has 0 bridgehead atoms. The summed E-state index contributed by atoms with van der Waals surface area (Å²) in [5, 5.41) is 11.7. The molecule has 0 radical (unpaired) electrons. The van der Waals surface area contributed by atoms with E-state index in [0.29, 0.717) is 12.1 Å². The molecule has 0 unspecified atom stereocenters. The van der Waals surface area contributed by atoms with E-state index in [0.717, 1.165) is 37.0 Å². The number of unbranched alkanes of at least 4 members (excludes halogenated alkanes) is 2. The maximum absolute atomic E-state index is 12.1. The molecule has 21 heavy (non-hydrogen) atoms. The zero-order valence-electron chi connectivity index (χ0n) is 12.7. The Hall–Kier alpha value is -1.83. The van der Waals surface area contributed by atoms with Crippen LogP contribution in [0.1, 0.15) is 40.7 Å². The van der Waals surface area contributed by atoms with E-state index >= 15 is 0 Å². The van der Waals surface area contributed by atoms with Gasteiger partial charge in [-0.15, -0.1) is 0 Å². The van der Waals surface area contributed by atoms with E-state index in [1.165, 1.54) is 0 Å². The number of nitrogens with one attached hydrogen (secondary N) is 1. The molecule has 0 aliphatic heterocycles. The fourth-order valence-corrected chi connectivity index (χ4v) is 2.00. The van der Waals surface area contributed by atoms with Crippen LogP contribution in [0.4, 0.5) is 0 Å². The molecule has 114 valence electrons. The first-order valence-electron chi connectivity index (χ1n) is 7.17. The second kappa shape index (κ2) is 9.98. The van der Waals surface area contributed by atoms with Gasteiger partial charge in [-0.25, -0.2) is 0 Å². The summed E-state index contributed by atoms with van der Waals surface area (Å²) >= 11 is 0. The number of amides is 1. The molecule has 0 saturated heterocycles. The highest BCUT2D eigenvalue weighted by molar-refractivity contribution is 5.96. The molecule has 0 aromatic heterocycles. The summed E-state index contributed by atoms with van der Waals surface area (Å²) in [6.07, 6.45) is 2.99. The van der Waals surface area contributed by atoms with Crippen LogP contribution in [0.5, 0.6) is 0 Å². The third-order valence-corrected chi connectivity index (χ3v) is 3.19. The molecular weight excluding hydrogens is 266 g/mol. The van der Waals surface area contributed by atoms with Crippen molar-refractivity contribution >= 4 is 5.91 Å². The summed E-state index contributed by atoms with van der Waals surface area (Å²) in [4.78, 5) is 12.1. The second-order valence-electron chi connectivity index (χ2n) is 4.75. The van der Waals surface area contributed by atoms with Crippen molar-refractivity contribution in [3.8, 4) is 11.8 Å². The van der Waals surface area contributed by atoms with E-state index in [1.807, 2.05) is 19.1 Å². The van der Waals surface area contributed by atoms with Crippen molar-refractivity contribution in [2.24, 2.45) is 0 Å². The van der Waals surface area contributed by atoms with E-state index in [4.69, 9.17) is 9.84 Å². The number of aliphatic hydroxyl groups is 1. The number of aliphatic hydroxyl groups excluding tert-OH is 1. The van der Waals surface area contributed by atoms with Gasteiger partial charge >= 0.3 is 0 Å². The van der Waals surface area contributed by atoms with Gasteiger partial charge in [-0.3, -0.25) is 4.79 Å². The first-order valence-corrected chi connectivity index (χ1v) is 7.17. The molecule has 0 aliphatic rings. The zero-order valence-corrected chi connectivity index (χ0v) is 12.7. The van der Waals surface area contributed by atoms with E-state index < -0.39 is 0 Å². The fraction of sp³-hybridized carbons (Fsp3) is 0.471. The Balaban J connectivity index is 2.54. The lowest BCUT2D eigenvalue weighted by molar-refractivity contribution is 0.0952. The van der Waals surface area contributed by atoms with Crippen LogP contribution < -0.4 is 5.32 Å². The summed E-state index contributed by atoms with van der Waals surface area (Å²) in [7, 11) is 1.69. The van der Waals surface area contributed by atoms with Crippen LogP contribution >= 0.6 is 0 Å². The average Bonchev–Trinajstić information content (AvgIpc) is 2.49. The average molecular weight is 289 g/mol. The molecule has 1 aromatic rings. The summed E-state index contributed by atoms with van der Waals surface area (Å²) < 4.78 is 4.98. The molecule has 4 heteroatoms. The van der Waals surface area contributed by atoms with Crippen molar-refractivity contribution in [2.45, 2.75) is 26.2 Å². The smallest absolute Gasteiger partial charge is 0.251 e. The maximum atomic E-state index is 12.1. The van der Waals surface area contributed by atoms with Crippen LogP contribution in [0.15, 0.2) is 18.2 Å². The molecule has 0 atom stereocenters. The van der Waals surface area contributed by atoms with E-state index in [-0.39, 0.29) is 12.5 Å². The SMILES string of the molecule is COCCCCCNC(=O)c1cccc(C#CCO)c1C. The largest absolute Gasteiger partial charge is 0.385 e. The van der Waals surface area contributed by atoms with Gasteiger partial charge in [-0.2, -0.15) is 0 Å². The molecule has 1 aromatic carbocycles. The normalized spacial score (nSPS) is 9.86. The quantitative estimate of drug-likeness (QED) is 0.595. The summed E-state index contributed by atoms with van der Waals surface area (Å²) in [5.74, 6) is 5.38. The predicted molar refractivity (Wildman–Crippen MR) is 83.2 cm³/mol. The summed E-state index contributed by atoms with van der Waals surface area (Å²) in [6, 6.07) is 5.45. The monoisotopic (exact) mass is 289 g/mol. The zero-order chi connectivity index (χ0) is 15.5. The van der Waals surface area contributed by atoms with Crippen LogP contribution in [-0.4, -0.2) is 37.9 Å². The van der Waals surface area contributed by atoms with Gasteiger partial charge in [-0.1, -0.05) is 17.9 Å². The Morgan fingerprint density at radius 2 is 2.14 bits per heavy atom. The third-order valence-electron chi connectivity index (χ3n) is 3.19. The van der Waals surface area contributed by atoms with Gasteiger partial charge in [-0.05, 0) is 43.9 Å². The van der Waals surface area contributed by atoms with Crippen molar-refractivity contribution in [3.63, 3.8) is 0 Å². The highest BCUT2D eigenvalue weighted by atomic mass is 16.5. The number of methoxy groups -OCH3 is 1. The molecule has 0 fully saturated rings. The van der Waals surface area contributed by atoms with Crippen LogP contribution in [0.2, 0.25) is 0 Å². The lowest BCUT2D eigenvalue weighted by atomic mass is 10.0.